The van der Waals surface area contributed by atoms with Crippen LogP contribution in [-0.2, 0) is 20.9 Å². The van der Waals surface area contributed by atoms with Crippen molar-refractivity contribution in [3.05, 3.63) is 35.9 Å². The fourth-order valence-corrected chi connectivity index (χ4v) is 2.60. The van der Waals surface area contributed by atoms with Crippen LogP contribution in [0, 0.1) is 17.8 Å². The van der Waals surface area contributed by atoms with Gasteiger partial charge < -0.3 is 15.2 Å². The summed E-state index contributed by atoms with van der Waals surface area (Å²) in [5, 5.41) is 12.2. The number of carbonyl (C=O) groups is 2. The fraction of sp³-hybridized carbons (Fsp3) is 0.500. The SMILES string of the molecule is CC(C(=O)OCc1ccccc1)C1CNCC(C(=O)O)C1. The van der Waals surface area contributed by atoms with Crippen LogP contribution in [-0.4, -0.2) is 30.1 Å². The van der Waals surface area contributed by atoms with Crippen LogP contribution in [0.5, 0.6) is 0 Å². The zero-order valence-electron chi connectivity index (χ0n) is 12.1. The maximum Gasteiger partial charge on any atom is 0.309 e. The number of hydrogen-bond acceptors (Lipinski definition) is 4. The van der Waals surface area contributed by atoms with Crippen molar-refractivity contribution in [2.45, 2.75) is 20.0 Å². The third-order valence-corrected chi connectivity index (χ3v) is 4.04. The molecule has 1 heterocycles. The molecule has 0 bridgehead atoms. The number of esters is 1. The average molecular weight is 291 g/mol. The summed E-state index contributed by atoms with van der Waals surface area (Å²) in [7, 11) is 0. The van der Waals surface area contributed by atoms with E-state index < -0.39 is 11.9 Å². The number of aliphatic carboxylic acids is 1. The number of hydrogen-bond donors (Lipinski definition) is 2. The minimum atomic E-state index is -0.808. The predicted octanol–water partition coefficient (Wildman–Crippen LogP) is 1.68. The van der Waals surface area contributed by atoms with E-state index in [1.54, 1.807) is 0 Å². The summed E-state index contributed by atoms with van der Waals surface area (Å²) in [4.78, 5) is 23.1. The first-order valence-corrected chi connectivity index (χ1v) is 7.22. The van der Waals surface area contributed by atoms with Gasteiger partial charge >= 0.3 is 11.9 Å². The monoisotopic (exact) mass is 291 g/mol. The molecule has 5 heteroatoms. The molecule has 3 atom stereocenters. The van der Waals surface area contributed by atoms with E-state index in [0.29, 0.717) is 19.5 Å². The van der Waals surface area contributed by atoms with Crippen molar-refractivity contribution in [3.63, 3.8) is 0 Å². The second-order valence-corrected chi connectivity index (χ2v) is 5.57. The summed E-state index contributed by atoms with van der Waals surface area (Å²) in [6, 6.07) is 9.51. The third-order valence-electron chi connectivity index (χ3n) is 4.04. The van der Waals surface area contributed by atoms with Crippen molar-refractivity contribution in [1.82, 2.24) is 5.32 Å². The zero-order chi connectivity index (χ0) is 15.2. The second kappa shape index (κ2) is 7.22. The Morgan fingerprint density at radius 3 is 2.71 bits per heavy atom. The highest BCUT2D eigenvalue weighted by Crippen LogP contribution is 2.25. The van der Waals surface area contributed by atoms with Crippen LogP contribution in [0.2, 0.25) is 0 Å². The number of rotatable bonds is 5. The van der Waals surface area contributed by atoms with E-state index in [4.69, 9.17) is 9.84 Å². The summed E-state index contributed by atoms with van der Waals surface area (Å²) in [5.41, 5.74) is 0.947. The Labute approximate surface area is 124 Å². The Balaban J connectivity index is 1.85. The fourth-order valence-electron chi connectivity index (χ4n) is 2.60. The summed E-state index contributed by atoms with van der Waals surface area (Å²) in [6.07, 6.45) is 0.518. The molecule has 0 amide bonds. The van der Waals surface area contributed by atoms with Crippen LogP contribution in [0.3, 0.4) is 0 Å². The van der Waals surface area contributed by atoms with E-state index in [2.05, 4.69) is 5.32 Å². The lowest BCUT2D eigenvalue weighted by Gasteiger charge is -2.30. The molecule has 0 aliphatic carbocycles. The molecular formula is C16H21NO4. The lowest BCUT2D eigenvalue weighted by atomic mass is 9.82. The van der Waals surface area contributed by atoms with Gasteiger partial charge in [0.25, 0.3) is 0 Å². The van der Waals surface area contributed by atoms with Gasteiger partial charge in [-0.25, -0.2) is 0 Å². The quantitative estimate of drug-likeness (QED) is 0.807. The van der Waals surface area contributed by atoms with Gasteiger partial charge in [-0.15, -0.1) is 0 Å². The Hall–Kier alpha value is -1.88. The minimum Gasteiger partial charge on any atom is -0.481 e. The Kier molecular flexibility index (Phi) is 5.33. The number of carboxylic acids is 1. The number of piperidine rings is 1. The molecule has 1 aromatic carbocycles. The third kappa shape index (κ3) is 4.29. The molecule has 114 valence electrons. The van der Waals surface area contributed by atoms with Gasteiger partial charge in [0.05, 0.1) is 11.8 Å². The number of benzene rings is 1. The molecular weight excluding hydrogens is 270 g/mol. The van der Waals surface area contributed by atoms with E-state index in [1.165, 1.54) is 0 Å². The standard InChI is InChI=1S/C16H21NO4/c1-11(13-7-14(15(18)19)9-17-8-13)16(20)21-10-12-5-3-2-4-6-12/h2-6,11,13-14,17H,7-10H2,1H3,(H,18,19). The first kappa shape index (κ1) is 15.5. The molecule has 0 aromatic heterocycles. The van der Waals surface area contributed by atoms with Crippen LogP contribution < -0.4 is 5.32 Å². The van der Waals surface area contributed by atoms with E-state index in [1.807, 2.05) is 37.3 Å². The normalized spacial score (nSPS) is 23.3. The van der Waals surface area contributed by atoms with Gasteiger partial charge in [-0.1, -0.05) is 37.3 Å². The van der Waals surface area contributed by atoms with E-state index in [-0.39, 0.29) is 24.4 Å². The minimum absolute atomic E-state index is 0.00289. The van der Waals surface area contributed by atoms with Gasteiger partial charge in [0, 0.05) is 6.54 Å². The van der Waals surface area contributed by atoms with Crippen molar-refractivity contribution >= 4 is 11.9 Å². The van der Waals surface area contributed by atoms with Crippen molar-refractivity contribution in [3.8, 4) is 0 Å². The lowest BCUT2D eigenvalue weighted by molar-refractivity contribution is -0.153. The summed E-state index contributed by atoms with van der Waals surface area (Å²) in [6.45, 7) is 3.19. The lowest BCUT2D eigenvalue weighted by Crippen LogP contribution is -2.43. The molecule has 0 saturated carbocycles. The molecule has 1 fully saturated rings. The van der Waals surface area contributed by atoms with Gasteiger partial charge in [-0.3, -0.25) is 9.59 Å². The number of carbonyl (C=O) groups excluding carboxylic acids is 1. The van der Waals surface area contributed by atoms with Crippen LogP contribution in [0.25, 0.3) is 0 Å². The Bertz CT molecular complexity index is 488. The maximum atomic E-state index is 12.1. The molecule has 1 aliphatic heterocycles. The average Bonchev–Trinajstić information content (AvgIpc) is 2.53. The Morgan fingerprint density at radius 2 is 2.05 bits per heavy atom. The largest absolute Gasteiger partial charge is 0.481 e. The number of carboxylic acid groups (broad SMARTS) is 1. The molecule has 1 saturated heterocycles. The molecule has 1 aliphatic rings. The van der Waals surface area contributed by atoms with Gasteiger partial charge in [0.2, 0.25) is 0 Å². The molecule has 1 aromatic rings. The van der Waals surface area contributed by atoms with Gasteiger partial charge in [0.15, 0.2) is 0 Å². The van der Waals surface area contributed by atoms with Crippen molar-refractivity contribution in [1.29, 1.82) is 0 Å². The van der Waals surface area contributed by atoms with Gasteiger partial charge in [0.1, 0.15) is 6.61 Å². The highest BCUT2D eigenvalue weighted by molar-refractivity contribution is 5.73. The second-order valence-electron chi connectivity index (χ2n) is 5.57. The first-order valence-electron chi connectivity index (χ1n) is 7.22. The summed E-state index contributed by atoms with van der Waals surface area (Å²) >= 11 is 0. The number of nitrogens with one attached hydrogen (secondary N) is 1. The van der Waals surface area contributed by atoms with Crippen molar-refractivity contribution < 1.29 is 19.4 Å². The molecule has 3 unspecified atom stereocenters. The topological polar surface area (TPSA) is 75.6 Å². The molecule has 2 N–H and O–H groups in total. The summed E-state index contributed by atoms with van der Waals surface area (Å²) in [5.74, 6) is -1.80. The van der Waals surface area contributed by atoms with Crippen LogP contribution in [0.15, 0.2) is 30.3 Å². The first-order chi connectivity index (χ1) is 10.1. The molecule has 0 radical (unpaired) electrons. The zero-order valence-corrected chi connectivity index (χ0v) is 12.1. The molecule has 2 rings (SSSR count). The van der Waals surface area contributed by atoms with Gasteiger partial charge in [-0.05, 0) is 24.4 Å². The van der Waals surface area contributed by atoms with Gasteiger partial charge in [-0.2, -0.15) is 0 Å². The summed E-state index contributed by atoms with van der Waals surface area (Å²) < 4.78 is 5.32. The van der Waals surface area contributed by atoms with Crippen molar-refractivity contribution in [2.24, 2.45) is 17.8 Å². The predicted molar refractivity (Wildman–Crippen MR) is 77.5 cm³/mol. The van der Waals surface area contributed by atoms with Crippen LogP contribution >= 0.6 is 0 Å². The Morgan fingerprint density at radius 1 is 1.33 bits per heavy atom. The number of ether oxygens (including phenoxy) is 1. The smallest absolute Gasteiger partial charge is 0.309 e. The van der Waals surface area contributed by atoms with Crippen LogP contribution in [0.4, 0.5) is 0 Å². The van der Waals surface area contributed by atoms with Crippen LogP contribution in [0.1, 0.15) is 18.9 Å². The molecule has 0 spiro atoms. The molecule has 5 nitrogen and oxygen atoms in total. The highest BCUT2D eigenvalue weighted by atomic mass is 16.5. The van der Waals surface area contributed by atoms with E-state index in [0.717, 1.165) is 5.56 Å². The van der Waals surface area contributed by atoms with E-state index >= 15 is 0 Å². The van der Waals surface area contributed by atoms with E-state index in [9.17, 15) is 9.59 Å². The highest BCUT2D eigenvalue weighted by Gasteiger charge is 2.33. The maximum absolute atomic E-state index is 12.1. The molecule has 21 heavy (non-hydrogen) atoms. The van der Waals surface area contributed by atoms with Crippen molar-refractivity contribution in [2.75, 3.05) is 13.1 Å².